The third kappa shape index (κ3) is 5.60. The fourth-order valence-corrected chi connectivity index (χ4v) is 3.99. The molecule has 170 valence electrons. The molecule has 0 bridgehead atoms. The summed E-state index contributed by atoms with van der Waals surface area (Å²) in [6, 6.07) is 6.68. The fourth-order valence-electron chi connectivity index (χ4n) is 3.10. The maximum Gasteiger partial charge on any atom is 0.312 e. The molecule has 0 saturated heterocycles. The fraction of sp³-hybridized carbons (Fsp3) is 0.350. The van der Waals surface area contributed by atoms with Gasteiger partial charge in [0.15, 0.2) is 0 Å². The van der Waals surface area contributed by atoms with Crippen LogP contribution in [0.15, 0.2) is 30.5 Å². The van der Waals surface area contributed by atoms with Crippen LogP contribution in [0.2, 0.25) is 5.15 Å². The van der Waals surface area contributed by atoms with Crippen LogP contribution in [0.1, 0.15) is 36.9 Å². The molecule has 3 rings (SSSR count). The molecule has 0 aliphatic carbocycles. The number of carbonyl (C=O) groups is 1. The minimum atomic E-state index is -3.44. The van der Waals surface area contributed by atoms with Crippen LogP contribution in [-0.4, -0.2) is 45.6 Å². The van der Waals surface area contributed by atoms with Crippen molar-refractivity contribution in [1.29, 1.82) is 0 Å². The summed E-state index contributed by atoms with van der Waals surface area (Å²) >= 11 is 6.09. The summed E-state index contributed by atoms with van der Waals surface area (Å²) < 4.78 is 32.6. The molecule has 1 N–H and O–H groups in total. The van der Waals surface area contributed by atoms with Crippen LogP contribution in [0.25, 0.3) is 11.4 Å². The average molecular weight is 479 g/mol. The van der Waals surface area contributed by atoms with E-state index >= 15 is 0 Å². The molecule has 0 spiro atoms. The first-order valence-corrected chi connectivity index (χ1v) is 12.0. The first-order valence-electron chi connectivity index (χ1n) is 9.77. The Kier molecular flexibility index (Phi) is 7.09. The second kappa shape index (κ2) is 9.61. The summed E-state index contributed by atoms with van der Waals surface area (Å²) in [5.41, 5.74) is 2.86. The Morgan fingerprint density at radius 3 is 2.69 bits per heavy atom. The summed E-state index contributed by atoms with van der Waals surface area (Å²) in [4.78, 5) is 21.1. The van der Waals surface area contributed by atoms with E-state index in [-0.39, 0.29) is 11.6 Å². The molecule has 32 heavy (non-hydrogen) atoms. The lowest BCUT2D eigenvalue weighted by atomic mass is 10.1. The van der Waals surface area contributed by atoms with Gasteiger partial charge in [0, 0.05) is 18.3 Å². The number of nitrogens with one attached hydrogen (secondary N) is 1. The van der Waals surface area contributed by atoms with E-state index in [2.05, 4.69) is 25.0 Å². The summed E-state index contributed by atoms with van der Waals surface area (Å²) in [5, 5.41) is 8.56. The molecule has 3 aromatic rings. The number of hydrogen-bond donors (Lipinski definition) is 1. The SMILES string of the molecule is CCn1nnc(-c2ccc(NS(C)(=O)=O)c(C)n2)c1CC(=O)O[C@H](C)c1cccnc1Cl. The number of carbonyl (C=O) groups excluding carboxylic acids is 1. The molecule has 0 radical (unpaired) electrons. The van der Waals surface area contributed by atoms with E-state index in [1.54, 1.807) is 49.0 Å². The highest BCUT2D eigenvalue weighted by Crippen LogP contribution is 2.26. The van der Waals surface area contributed by atoms with Crippen LogP contribution in [0.4, 0.5) is 5.69 Å². The molecular formula is C20H23ClN6O4S. The molecule has 0 aliphatic heterocycles. The van der Waals surface area contributed by atoms with Crippen LogP contribution in [0.3, 0.4) is 0 Å². The van der Waals surface area contributed by atoms with Gasteiger partial charge in [-0.15, -0.1) is 5.10 Å². The minimum Gasteiger partial charge on any atom is -0.457 e. The molecule has 12 heteroatoms. The topological polar surface area (TPSA) is 129 Å². The van der Waals surface area contributed by atoms with Crippen molar-refractivity contribution in [2.45, 2.75) is 39.8 Å². The first-order chi connectivity index (χ1) is 15.1. The highest BCUT2D eigenvalue weighted by molar-refractivity contribution is 7.92. The molecule has 0 amide bonds. The van der Waals surface area contributed by atoms with E-state index in [1.165, 1.54) is 0 Å². The number of hydrogen-bond acceptors (Lipinski definition) is 8. The Labute approximate surface area is 191 Å². The average Bonchev–Trinajstić information content (AvgIpc) is 3.11. The maximum absolute atomic E-state index is 12.7. The quantitative estimate of drug-likeness (QED) is 0.386. The lowest BCUT2D eigenvalue weighted by Gasteiger charge is -2.15. The molecule has 1 atom stereocenters. The number of ether oxygens (including phenoxy) is 1. The molecule has 3 heterocycles. The van der Waals surface area contributed by atoms with Gasteiger partial charge < -0.3 is 4.74 Å². The van der Waals surface area contributed by atoms with Gasteiger partial charge in [-0.3, -0.25) is 9.52 Å². The summed E-state index contributed by atoms with van der Waals surface area (Å²) in [7, 11) is -3.44. The molecule has 3 aromatic heterocycles. The number of sulfonamides is 1. The van der Waals surface area contributed by atoms with Crippen molar-refractivity contribution in [1.82, 2.24) is 25.0 Å². The van der Waals surface area contributed by atoms with Gasteiger partial charge in [-0.05, 0) is 39.0 Å². The molecule has 0 saturated carbocycles. The third-order valence-electron chi connectivity index (χ3n) is 4.61. The standard InChI is InChI=1S/C20H23ClN6O4S/c1-5-27-17(11-18(28)31-13(3)14-7-6-10-22-20(14)21)19(24-26-27)16-9-8-15(12(2)23-16)25-32(4,29)30/h6-10,13,25H,5,11H2,1-4H3/t13-/m1/s1. The number of esters is 1. The Morgan fingerprint density at radius 1 is 1.31 bits per heavy atom. The van der Waals surface area contributed by atoms with Crippen LogP contribution >= 0.6 is 11.6 Å². The third-order valence-corrected chi connectivity index (χ3v) is 5.51. The zero-order valence-corrected chi connectivity index (χ0v) is 19.6. The number of aryl methyl sites for hydroxylation is 2. The van der Waals surface area contributed by atoms with Crippen LogP contribution in [-0.2, 0) is 32.5 Å². The van der Waals surface area contributed by atoms with Gasteiger partial charge in [0.2, 0.25) is 10.0 Å². The van der Waals surface area contributed by atoms with Gasteiger partial charge in [-0.1, -0.05) is 22.9 Å². The van der Waals surface area contributed by atoms with Crippen molar-refractivity contribution < 1.29 is 17.9 Å². The van der Waals surface area contributed by atoms with E-state index in [1.807, 2.05) is 6.92 Å². The Bertz CT molecular complexity index is 1240. The predicted molar refractivity (Wildman–Crippen MR) is 120 cm³/mol. The smallest absolute Gasteiger partial charge is 0.312 e. The highest BCUT2D eigenvalue weighted by atomic mass is 35.5. The van der Waals surface area contributed by atoms with Crippen LogP contribution < -0.4 is 4.72 Å². The molecule has 0 aromatic carbocycles. The minimum absolute atomic E-state index is 0.0809. The van der Waals surface area contributed by atoms with E-state index in [4.69, 9.17) is 16.3 Å². The Hall–Kier alpha value is -3.05. The Balaban J connectivity index is 1.84. The van der Waals surface area contributed by atoms with Crippen molar-refractivity contribution in [3.63, 3.8) is 0 Å². The highest BCUT2D eigenvalue weighted by Gasteiger charge is 2.22. The van der Waals surface area contributed by atoms with E-state index in [0.29, 0.717) is 40.6 Å². The second-order valence-electron chi connectivity index (χ2n) is 7.10. The Morgan fingerprint density at radius 2 is 2.06 bits per heavy atom. The zero-order chi connectivity index (χ0) is 23.5. The molecule has 10 nitrogen and oxygen atoms in total. The number of rotatable bonds is 8. The normalized spacial score (nSPS) is 12.4. The lowest BCUT2D eigenvalue weighted by molar-refractivity contribution is -0.147. The predicted octanol–water partition coefficient (Wildman–Crippen LogP) is 2.94. The second-order valence-corrected chi connectivity index (χ2v) is 9.20. The van der Waals surface area contributed by atoms with Gasteiger partial charge in [0.05, 0.1) is 35.4 Å². The number of anilines is 1. The van der Waals surface area contributed by atoms with Gasteiger partial charge >= 0.3 is 5.97 Å². The first kappa shape index (κ1) is 23.6. The van der Waals surface area contributed by atoms with Crippen LogP contribution in [0, 0.1) is 6.92 Å². The number of pyridine rings is 2. The number of aromatic nitrogens is 5. The molecular weight excluding hydrogens is 456 g/mol. The summed E-state index contributed by atoms with van der Waals surface area (Å²) in [5.74, 6) is -0.484. The van der Waals surface area contributed by atoms with Crippen molar-refractivity contribution in [2.24, 2.45) is 0 Å². The molecule has 0 unspecified atom stereocenters. The molecule has 0 fully saturated rings. The van der Waals surface area contributed by atoms with Crippen molar-refractivity contribution in [2.75, 3.05) is 11.0 Å². The van der Waals surface area contributed by atoms with Crippen molar-refractivity contribution in [3.8, 4) is 11.4 Å². The van der Waals surface area contributed by atoms with Crippen LogP contribution in [0.5, 0.6) is 0 Å². The largest absolute Gasteiger partial charge is 0.457 e. The summed E-state index contributed by atoms with van der Waals surface area (Å²) in [6.45, 7) is 5.76. The summed E-state index contributed by atoms with van der Waals surface area (Å²) in [6.07, 6.45) is 1.96. The van der Waals surface area contributed by atoms with Crippen molar-refractivity contribution >= 4 is 33.3 Å². The van der Waals surface area contributed by atoms with Gasteiger partial charge in [0.25, 0.3) is 0 Å². The van der Waals surface area contributed by atoms with Gasteiger partial charge in [0.1, 0.15) is 17.0 Å². The van der Waals surface area contributed by atoms with Gasteiger partial charge in [-0.2, -0.15) is 0 Å². The lowest BCUT2D eigenvalue weighted by Crippen LogP contribution is -2.15. The van der Waals surface area contributed by atoms with E-state index in [9.17, 15) is 13.2 Å². The van der Waals surface area contributed by atoms with Crippen molar-refractivity contribution in [3.05, 3.63) is 52.6 Å². The van der Waals surface area contributed by atoms with E-state index in [0.717, 1.165) is 6.26 Å². The van der Waals surface area contributed by atoms with Gasteiger partial charge in [-0.25, -0.2) is 23.1 Å². The van der Waals surface area contributed by atoms with E-state index < -0.39 is 22.1 Å². The maximum atomic E-state index is 12.7. The monoisotopic (exact) mass is 478 g/mol. The number of nitrogens with zero attached hydrogens (tertiary/aromatic N) is 5. The number of halogens is 1. The zero-order valence-electron chi connectivity index (χ0n) is 18.0. The molecule has 0 aliphatic rings.